The van der Waals surface area contributed by atoms with Gasteiger partial charge in [-0.05, 0) is 60.0 Å². The third-order valence-electron chi connectivity index (χ3n) is 11.8. The van der Waals surface area contributed by atoms with Crippen LogP contribution in [0.1, 0.15) is 23.7 Å². The van der Waals surface area contributed by atoms with Crippen LogP contribution in [0.25, 0.3) is 80.7 Å². The molecule has 7 aromatic carbocycles. The van der Waals surface area contributed by atoms with E-state index in [9.17, 15) is 0 Å². The Labute approximate surface area is 332 Å². The minimum Gasteiger partial charge on any atom is -0.455 e. The lowest BCUT2D eigenvalue weighted by Crippen LogP contribution is -2.54. The lowest BCUT2D eigenvalue weighted by Gasteiger charge is -2.35. The van der Waals surface area contributed by atoms with Gasteiger partial charge in [-0.3, -0.25) is 5.32 Å². The highest BCUT2D eigenvalue weighted by atomic mass is 32.1. The Balaban J connectivity index is 1.03. The Morgan fingerprint density at radius 2 is 1.28 bits per heavy atom. The summed E-state index contributed by atoms with van der Waals surface area (Å²) in [6, 6.07) is 54.6. The van der Waals surface area contributed by atoms with E-state index in [1.807, 2.05) is 11.3 Å². The van der Waals surface area contributed by atoms with Gasteiger partial charge in [0.1, 0.15) is 23.2 Å². The molecular weight excluding hydrogens is 717 g/mol. The Hall–Kier alpha value is -6.73. The first-order chi connectivity index (χ1) is 28.3. The van der Waals surface area contributed by atoms with E-state index in [0.717, 1.165) is 56.6 Å². The molecule has 1 aliphatic carbocycles. The number of hydrogen-bond donors (Lipinski definition) is 2. The van der Waals surface area contributed by atoms with Crippen LogP contribution < -0.4 is 10.6 Å². The molecule has 0 amide bonds. The van der Waals surface area contributed by atoms with E-state index < -0.39 is 0 Å². The molecule has 272 valence electrons. The van der Waals surface area contributed by atoms with Crippen LogP contribution in [0.4, 0.5) is 0 Å². The number of thiophene rings is 1. The summed E-state index contributed by atoms with van der Waals surface area (Å²) in [5.41, 5.74) is 9.66. The van der Waals surface area contributed by atoms with Crippen molar-refractivity contribution >= 4 is 81.1 Å². The summed E-state index contributed by atoms with van der Waals surface area (Å²) in [4.78, 5) is 5.30. The van der Waals surface area contributed by atoms with Gasteiger partial charge in [0, 0.05) is 58.9 Å². The van der Waals surface area contributed by atoms with Crippen molar-refractivity contribution in [2.24, 2.45) is 10.9 Å². The number of aromatic nitrogens is 1. The summed E-state index contributed by atoms with van der Waals surface area (Å²) in [6.45, 7) is 0. The van der Waals surface area contributed by atoms with Gasteiger partial charge in [-0.2, -0.15) is 0 Å². The lowest BCUT2D eigenvalue weighted by molar-refractivity contribution is 0.328. The van der Waals surface area contributed by atoms with Gasteiger partial charge in [0.2, 0.25) is 0 Å². The van der Waals surface area contributed by atoms with E-state index in [1.54, 1.807) is 0 Å². The zero-order valence-corrected chi connectivity index (χ0v) is 31.7. The van der Waals surface area contributed by atoms with Gasteiger partial charge in [-0.25, -0.2) is 4.99 Å². The van der Waals surface area contributed by atoms with Crippen LogP contribution in [-0.4, -0.2) is 16.6 Å². The second-order valence-electron chi connectivity index (χ2n) is 15.1. The molecule has 12 rings (SSSR count). The highest BCUT2D eigenvalue weighted by Crippen LogP contribution is 2.45. The Morgan fingerprint density at radius 3 is 2.05 bits per heavy atom. The summed E-state index contributed by atoms with van der Waals surface area (Å²) in [5, 5.41) is 14.8. The average molecular weight is 753 g/mol. The van der Waals surface area contributed by atoms with Crippen molar-refractivity contribution in [1.29, 1.82) is 0 Å². The Kier molecular flexibility index (Phi) is 7.37. The van der Waals surface area contributed by atoms with Gasteiger partial charge in [-0.15, -0.1) is 11.3 Å². The van der Waals surface area contributed by atoms with E-state index in [4.69, 9.17) is 9.41 Å². The molecule has 0 fully saturated rings. The van der Waals surface area contributed by atoms with Crippen LogP contribution >= 0.6 is 11.3 Å². The van der Waals surface area contributed by atoms with Crippen molar-refractivity contribution in [3.8, 4) is 16.8 Å². The number of allylic oxidation sites excluding steroid dienone is 3. The van der Waals surface area contributed by atoms with Crippen molar-refractivity contribution in [2.75, 3.05) is 0 Å². The molecule has 2 aliphatic rings. The van der Waals surface area contributed by atoms with E-state index in [-0.39, 0.29) is 18.2 Å². The number of amidine groups is 1. The van der Waals surface area contributed by atoms with Gasteiger partial charge < -0.3 is 14.3 Å². The molecule has 0 saturated heterocycles. The molecule has 4 heterocycles. The number of benzene rings is 7. The normalized spacial score (nSPS) is 18.3. The molecule has 3 unspecified atom stereocenters. The first kappa shape index (κ1) is 32.5. The predicted molar refractivity (Wildman–Crippen MR) is 239 cm³/mol. The number of nitrogens with zero attached hydrogens (tertiary/aromatic N) is 2. The van der Waals surface area contributed by atoms with Crippen LogP contribution in [0, 0.1) is 5.92 Å². The highest BCUT2D eigenvalue weighted by Gasteiger charge is 2.30. The van der Waals surface area contributed by atoms with Crippen molar-refractivity contribution in [3.63, 3.8) is 0 Å². The monoisotopic (exact) mass is 752 g/mol. The number of nitrogens with one attached hydrogen (secondary N) is 2. The van der Waals surface area contributed by atoms with Gasteiger partial charge in [0.15, 0.2) is 0 Å². The van der Waals surface area contributed by atoms with Crippen molar-refractivity contribution in [2.45, 2.75) is 18.8 Å². The molecule has 3 atom stereocenters. The maximum Gasteiger partial charge on any atom is 0.146 e. The number of fused-ring (bicyclic) bond motifs is 9. The maximum atomic E-state index is 7.09. The third-order valence-corrected chi connectivity index (χ3v) is 13.0. The topological polar surface area (TPSA) is 54.5 Å². The summed E-state index contributed by atoms with van der Waals surface area (Å²) in [5.74, 6) is 1.12. The second-order valence-corrected chi connectivity index (χ2v) is 16.2. The molecule has 0 spiro atoms. The lowest BCUT2D eigenvalue weighted by atomic mass is 9.95. The van der Waals surface area contributed by atoms with Crippen molar-refractivity contribution < 1.29 is 4.42 Å². The number of aliphatic imine (C=N–C) groups is 1. The minimum absolute atomic E-state index is 0.00372. The van der Waals surface area contributed by atoms with E-state index >= 15 is 0 Å². The smallest absolute Gasteiger partial charge is 0.146 e. The van der Waals surface area contributed by atoms with Crippen molar-refractivity contribution in [3.05, 3.63) is 187 Å². The van der Waals surface area contributed by atoms with Gasteiger partial charge >= 0.3 is 0 Å². The second kappa shape index (κ2) is 12.9. The number of furan rings is 1. The fourth-order valence-electron chi connectivity index (χ4n) is 9.19. The molecule has 10 aromatic rings. The molecule has 2 N–H and O–H groups in total. The molecule has 0 radical (unpaired) electrons. The van der Waals surface area contributed by atoms with E-state index in [2.05, 4.69) is 191 Å². The van der Waals surface area contributed by atoms with Crippen LogP contribution in [0.3, 0.4) is 0 Å². The van der Waals surface area contributed by atoms with Gasteiger partial charge in [0.05, 0.1) is 22.8 Å². The fourth-order valence-corrected chi connectivity index (χ4v) is 10.3. The zero-order chi connectivity index (χ0) is 37.5. The largest absolute Gasteiger partial charge is 0.455 e. The first-order valence-corrected chi connectivity index (χ1v) is 20.5. The average Bonchev–Trinajstić information content (AvgIpc) is 3.96. The molecular formula is C51H36N4OS. The van der Waals surface area contributed by atoms with Crippen LogP contribution in [0.2, 0.25) is 0 Å². The third kappa shape index (κ3) is 5.15. The summed E-state index contributed by atoms with van der Waals surface area (Å²) < 4.78 is 12.0. The summed E-state index contributed by atoms with van der Waals surface area (Å²) in [6.07, 6.45) is 9.54. The molecule has 0 bridgehead atoms. The zero-order valence-electron chi connectivity index (χ0n) is 30.9. The number of rotatable bonds is 5. The SMILES string of the molecule is C1=CCC(C2NC(c3cccc4c3oc3c(-c5cccc6sc7ccc(-n8c9ccccc9c9ccccc98)cc7c56)cccc34)=NC(c3ccccc3)N2)C=C1. The predicted octanol–water partition coefficient (Wildman–Crippen LogP) is 12.8. The van der Waals surface area contributed by atoms with Crippen LogP contribution in [0.5, 0.6) is 0 Å². The van der Waals surface area contributed by atoms with Crippen molar-refractivity contribution in [1.82, 2.24) is 15.2 Å². The van der Waals surface area contributed by atoms with E-state index in [1.165, 1.54) is 47.5 Å². The molecule has 3 aromatic heterocycles. The molecule has 1 aliphatic heterocycles. The Bertz CT molecular complexity index is 3260. The number of para-hydroxylation sites is 4. The summed E-state index contributed by atoms with van der Waals surface area (Å²) in [7, 11) is 0. The van der Waals surface area contributed by atoms with E-state index in [0.29, 0.717) is 0 Å². The summed E-state index contributed by atoms with van der Waals surface area (Å²) >= 11 is 1.85. The first-order valence-electron chi connectivity index (χ1n) is 19.6. The number of hydrogen-bond acceptors (Lipinski definition) is 5. The minimum atomic E-state index is -0.196. The van der Waals surface area contributed by atoms with Gasteiger partial charge in [-0.1, -0.05) is 133 Å². The van der Waals surface area contributed by atoms with Crippen LogP contribution in [0.15, 0.2) is 185 Å². The molecule has 57 heavy (non-hydrogen) atoms. The quantitative estimate of drug-likeness (QED) is 0.184. The van der Waals surface area contributed by atoms with Gasteiger partial charge in [0.25, 0.3) is 0 Å². The maximum absolute atomic E-state index is 7.09. The van der Waals surface area contributed by atoms with Crippen LogP contribution in [-0.2, 0) is 0 Å². The standard InChI is InChI=1S/C51H36N4OS/c1-3-14-31(15-4-1)49-52-50(32-16-5-2-6-17-32)54-51(53-49)40-24-12-23-39-38-22-11-21-37(47(38)56-48(39)40)36-20-13-27-45-46(36)41-30-33(28-29-44(41)57-45)55-42-25-9-7-18-34(42)35-19-8-10-26-43(35)55/h1-16,18-30,32,49-50,52H,17H2,(H,53,54). The molecule has 0 saturated carbocycles. The Morgan fingerprint density at radius 1 is 0.596 bits per heavy atom. The highest BCUT2D eigenvalue weighted by molar-refractivity contribution is 7.26. The molecule has 5 nitrogen and oxygen atoms in total. The molecule has 6 heteroatoms. The fraction of sp³-hybridized carbons (Fsp3) is 0.0784.